The smallest absolute Gasteiger partial charge is 0.305 e. The fourth-order valence-corrected chi connectivity index (χ4v) is 2.56. The van der Waals surface area contributed by atoms with Gasteiger partial charge in [0.05, 0.1) is 17.7 Å². The summed E-state index contributed by atoms with van der Waals surface area (Å²) in [5.74, 6) is -0.0389. The van der Waals surface area contributed by atoms with Gasteiger partial charge in [-0.3, -0.25) is 9.59 Å². The number of aliphatic carboxylic acids is 1. The number of carbonyl (C=O) groups is 2. The van der Waals surface area contributed by atoms with Crippen molar-refractivity contribution in [2.45, 2.75) is 24.1 Å². The number of thioether (sulfide) groups is 1. The zero-order valence-corrected chi connectivity index (χ0v) is 12.7. The van der Waals surface area contributed by atoms with Crippen LogP contribution >= 0.6 is 11.8 Å². The summed E-state index contributed by atoms with van der Waals surface area (Å²) in [5, 5.41) is 15.6. The highest BCUT2D eigenvalue weighted by Crippen LogP contribution is 2.24. The lowest BCUT2D eigenvalue weighted by Crippen LogP contribution is -2.26. The Labute approximate surface area is 131 Å². The summed E-state index contributed by atoms with van der Waals surface area (Å²) < 4.78 is 4.99. The van der Waals surface area contributed by atoms with E-state index in [0.29, 0.717) is 16.3 Å². The number of rotatable bonds is 7. The van der Waals surface area contributed by atoms with Crippen molar-refractivity contribution in [3.63, 3.8) is 0 Å². The van der Waals surface area contributed by atoms with E-state index in [1.54, 1.807) is 18.3 Å². The minimum atomic E-state index is -0.956. The maximum absolute atomic E-state index is 12.1. The number of hydrogen-bond donors (Lipinski definition) is 2. The second-order valence-electron chi connectivity index (χ2n) is 4.47. The number of carbonyl (C=O) groups excluding carboxylic acids is 1. The van der Waals surface area contributed by atoms with Gasteiger partial charge in [-0.1, -0.05) is 16.9 Å². The van der Waals surface area contributed by atoms with Crippen LogP contribution in [-0.4, -0.2) is 33.7 Å². The summed E-state index contributed by atoms with van der Waals surface area (Å²) in [6.45, 7) is 1.89. The van der Waals surface area contributed by atoms with Gasteiger partial charge in [0, 0.05) is 24.6 Å². The molecular weight excluding hydrogens is 306 g/mol. The van der Waals surface area contributed by atoms with Crippen LogP contribution in [0.3, 0.4) is 0 Å². The summed E-state index contributed by atoms with van der Waals surface area (Å²) in [7, 11) is 0. The molecule has 0 saturated heterocycles. The van der Waals surface area contributed by atoms with Gasteiger partial charge in [0.1, 0.15) is 10.8 Å². The molecule has 0 fully saturated rings. The number of aryl methyl sites for hydroxylation is 1. The molecule has 0 aliphatic heterocycles. The Morgan fingerprint density at radius 3 is 2.95 bits per heavy atom. The maximum atomic E-state index is 12.1. The second-order valence-corrected chi connectivity index (χ2v) is 5.44. The van der Waals surface area contributed by atoms with Gasteiger partial charge < -0.3 is 14.9 Å². The Morgan fingerprint density at radius 1 is 1.45 bits per heavy atom. The van der Waals surface area contributed by atoms with Crippen molar-refractivity contribution in [1.82, 2.24) is 15.5 Å². The van der Waals surface area contributed by atoms with Crippen LogP contribution in [0.5, 0.6) is 0 Å². The monoisotopic (exact) mass is 321 g/mol. The number of nitrogens with zero attached hydrogens (tertiary/aromatic N) is 2. The number of amides is 1. The van der Waals surface area contributed by atoms with Gasteiger partial charge in [0.2, 0.25) is 0 Å². The van der Waals surface area contributed by atoms with Crippen LogP contribution in [0.2, 0.25) is 0 Å². The standard InChI is InChI=1S/C14H15N3O4S/c1-9-7-10(17-21-9)8-22-14-11(3-2-5-16-14)13(20)15-6-4-12(18)19/h2-3,5,7H,4,6,8H2,1H3,(H,15,20)(H,18,19). The van der Waals surface area contributed by atoms with Crippen LogP contribution < -0.4 is 5.32 Å². The number of carboxylic acid groups (broad SMARTS) is 1. The summed E-state index contributed by atoms with van der Waals surface area (Å²) >= 11 is 1.37. The number of nitrogens with one attached hydrogen (secondary N) is 1. The average molecular weight is 321 g/mol. The molecule has 0 atom stereocenters. The van der Waals surface area contributed by atoms with Crippen molar-refractivity contribution in [3.05, 3.63) is 41.4 Å². The molecule has 0 bridgehead atoms. The number of pyridine rings is 1. The molecule has 0 radical (unpaired) electrons. The van der Waals surface area contributed by atoms with E-state index < -0.39 is 5.97 Å². The normalized spacial score (nSPS) is 10.4. The Morgan fingerprint density at radius 2 is 2.27 bits per heavy atom. The quantitative estimate of drug-likeness (QED) is 0.750. The third-order valence-corrected chi connectivity index (χ3v) is 3.71. The molecule has 8 heteroatoms. The van der Waals surface area contributed by atoms with Crippen LogP contribution in [0.15, 0.2) is 33.9 Å². The number of carboxylic acids is 1. The van der Waals surface area contributed by atoms with E-state index in [4.69, 9.17) is 9.63 Å². The highest BCUT2D eigenvalue weighted by molar-refractivity contribution is 7.98. The second kappa shape index (κ2) is 7.60. The van der Waals surface area contributed by atoms with Crippen molar-refractivity contribution >= 4 is 23.6 Å². The molecule has 0 aliphatic carbocycles. The minimum absolute atomic E-state index is 0.0790. The molecule has 1 amide bonds. The Balaban J connectivity index is 1.99. The van der Waals surface area contributed by atoms with Gasteiger partial charge in [0.15, 0.2) is 0 Å². The molecule has 0 aromatic carbocycles. The van der Waals surface area contributed by atoms with Gasteiger partial charge in [-0.2, -0.15) is 0 Å². The van der Waals surface area contributed by atoms with Crippen LogP contribution in [0.1, 0.15) is 28.2 Å². The van der Waals surface area contributed by atoms with Crippen LogP contribution in [0.4, 0.5) is 0 Å². The molecular formula is C14H15N3O4S. The lowest BCUT2D eigenvalue weighted by Gasteiger charge is -2.07. The van der Waals surface area contributed by atoms with Gasteiger partial charge in [-0.05, 0) is 19.1 Å². The maximum Gasteiger partial charge on any atom is 0.305 e. The Bertz CT molecular complexity index is 672. The first-order valence-corrected chi connectivity index (χ1v) is 7.55. The minimum Gasteiger partial charge on any atom is -0.481 e. The molecule has 0 unspecified atom stereocenters. The lowest BCUT2D eigenvalue weighted by atomic mass is 10.2. The first kappa shape index (κ1) is 16.0. The van der Waals surface area contributed by atoms with Gasteiger partial charge in [-0.15, -0.1) is 0 Å². The fourth-order valence-electron chi connectivity index (χ4n) is 1.69. The molecule has 0 saturated carbocycles. The van der Waals surface area contributed by atoms with E-state index in [-0.39, 0.29) is 18.9 Å². The molecule has 116 valence electrons. The molecule has 2 heterocycles. The van der Waals surface area contributed by atoms with E-state index in [0.717, 1.165) is 11.5 Å². The zero-order chi connectivity index (χ0) is 15.9. The molecule has 0 spiro atoms. The highest BCUT2D eigenvalue weighted by Gasteiger charge is 2.13. The first-order chi connectivity index (χ1) is 10.6. The number of aromatic nitrogens is 2. The van der Waals surface area contributed by atoms with Crippen molar-refractivity contribution in [2.24, 2.45) is 0 Å². The Kier molecular flexibility index (Phi) is 5.54. The molecule has 2 aromatic rings. The Hall–Kier alpha value is -2.35. The van der Waals surface area contributed by atoms with Crippen LogP contribution in [0.25, 0.3) is 0 Å². The summed E-state index contributed by atoms with van der Waals surface area (Å²) in [6.07, 6.45) is 1.48. The van der Waals surface area contributed by atoms with Gasteiger partial charge >= 0.3 is 5.97 Å². The average Bonchev–Trinajstić information content (AvgIpc) is 2.90. The molecule has 2 aromatic heterocycles. The van der Waals surface area contributed by atoms with E-state index in [2.05, 4.69) is 15.5 Å². The molecule has 7 nitrogen and oxygen atoms in total. The zero-order valence-electron chi connectivity index (χ0n) is 11.9. The van der Waals surface area contributed by atoms with Crippen molar-refractivity contribution in [3.8, 4) is 0 Å². The predicted molar refractivity (Wildman–Crippen MR) is 79.6 cm³/mol. The van der Waals surface area contributed by atoms with E-state index >= 15 is 0 Å². The summed E-state index contributed by atoms with van der Waals surface area (Å²) in [5.41, 5.74) is 1.18. The van der Waals surface area contributed by atoms with Gasteiger partial charge in [-0.25, -0.2) is 4.98 Å². The first-order valence-electron chi connectivity index (χ1n) is 6.56. The van der Waals surface area contributed by atoms with Gasteiger partial charge in [0.25, 0.3) is 5.91 Å². The molecule has 22 heavy (non-hydrogen) atoms. The van der Waals surface area contributed by atoms with E-state index in [1.165, 1.54) is 11.8 Å². The SMILES string of the molecule is Cc1cc(CSc2ncccc2C(=O)NCCC(=O)O)no1. The summed E-state index contributed by atoms with van der Waals surface area (Å²) in [4.78, 5) is 26.7. The van der Waals surface area contributed by atoms with E-state index in [9.17, 15) is 9.59 Å². The molecule has 2 rings (SSSR count). The fraction of sp³-hybridized carbons (Fsp3) is 0.286. The molecule has 0 aliphatic rings. The highest BCUT2D eigenvalue weighted by atomic mass is 32.2. The van der Waals surface area contributed by atoms with Crippen molar-refractivity contribution in [1.29, 1.82) is 0 Å². The third kappa shape index (κ3) is 4.59. The van der Waals surface area contributed by atoms with Crippen LogP contribution in [-0.2, 0) is 10.5 Å². The predicted octanol–water partition coefficient (Wildman–Crippen LogP) is 1.87. The third-order valence-electron chi connectivity index (χ3n) is 2.67. The number of hydrogen-bond acceptors (Lipinski definition) is 6. The van der Waals surface area contributed by atoms with E-state index in [1.807, 2.05) is 13.0 Å². The summed E-state index contributed by atoms with van der Waals surface area (Å²) in [6, 6.07) is 5.14. The van der Waals surface area contributed by atoms with Crippen molar-refractivity contribution in [2.75, 3.05) is 6.54 Å². The topological polar surface area (TPSA) is 105 Å². The van der Waals surface area contributed by atoms with Crippen molar-refractivity contribution < 1.29 is 19.2 Å². The molecule has 2 N–H and O–H groups in total. The lowest BCUT2D eigenvalue weighted by molar-refractivity contribution is -0.136. The largest absolute Gasteiger partial charge is 0.481 e. The van der Waals surface area contributed by atoms with Crippen LogP contribution in [0, 0.1) is 6.92 Å².